The van der Waals surface area contributed by atoms with Crippen LogP contribution in [0.15, 0.2) is 10.6 Å². The van der Waals surface area contributed by atoms with E-state index in [2.05, 4.69) is 15.6 Å². The van der Waals surface area contributed by atoms with E-state index in [0.717, 1.165) is 18.7 Å². The van der Waals surface area contributed by atoms with Gasteiger partial charge in [0.2, 0.25) is 11.8 Å². The number of amides is 1. The summed E-state index contributed by atoms with van der Waals surface area (Å²) < 4.78 is 5.34. The minimum Gasteiger partial charge on any atom is -0.444 e. The lowest BCUT2D eigenvalue weighted by molar-refractivity contribution is -0.120. The number of likely N-dealkylation sites (N-methyl/N-ethyl adjacent to an activating group) is 1. The van der Waals surface area contributed by atoms with Crippen LogP contribution in [-0.4, -0.2) is 24.0 Å². The monoisotopic (exact) mass is 211 g/mol. The molecule has 15 heavy (non-hydrogen) atoms. The van der Waals surface area contributed by atoms with Gasteiger partial charge >= 0.3 is 0 Å². The molecule has 1 aromatic rings. The van der Waals surface area contributed by atoms with Gasteiger partial charge in [0.1, 0.15) is 5.76 Å². The van der Waals surface area contributed by atoms with Crippen LogP contribution in [0.25, 0.3) is 0 Å². The maximum atomic E-state index is 11.2. The topological polar surface area (TPSA) is 67.2 Å². The highest BCUT2D eigenvalue weighted by Crippen LogP contribution is 2.03. The normalized spacial score (nSPS) is 10.3. The van der Waals surface area contributed by atoms with Gasteiger partial charge in [-0.15, -0.1) is 0 Å². The number of hydrogen-bond acceptors (Lipinski definition) is 4. The van der Waals surface area contributed by atoms with Crippen molar-refractivity contribution < 1.29 is 9.21 Å². The van der Waals surface area contributed by atoms with Crippen LogP contribution in [-0.2, 0) is 17.8 Å². The lowest BCUT2D eigenvalue weighted by Gasteiger charge is -2.02. The molecule has 0 saturated carbocycles. The van der Waals surface area contributed by atoms with Crippen molar-refractivity contribution >= 4 is 5.91 Å². The van der Waals surface area contributed by atoms with Gasteiger partial charge in [0.05, 0.1) is 19.3 Å². The molecule has 0 aliphatic rings. The van der Waals surface area contributed by atoms with Crippen LogP contribution in [0.5, 0.6) is 0 Å². The fourth-order valence-electron chi connectivity index (χ4n) is 1.07. The molecule has 0 bridgehead atoms. The average Bonchev–Trinajstić information content (AvgIpc) is 2.71. The Morgan fingerprint density at radius 1 is 1.53 bits per heavy atom. The quantitative estimate of drug-likeness (QED) is 0.717. The van der Waals surface area contributed by atoms with Gasteiger partial charge in [-0.2, -0.15) is 0 Å². The van der Waals surface area contributed by atoms with Gasteiger partial charge in [-0.3, -0.25) is 4.79 Å². The number of nitrogens with zero attached hydrogens (tertiary/aromatic N) is 1. The van der Waals surface area contributed by atoms with E-state index in [1.165, 1.54) is 0 Å². The minimum atomic E-state index is -0.0481. The summed E-state index contributed by atoms with van der Waals surface area (Å²) in [6.07, 6.45) is 2.50. The molecule has 0 aliphatic heterocycles. The number of aryl methyl sites for hydroxylation is 1. The molecular formula is C10H17N3O2. The third kappa shape index (κ3) is 4.12. The zero-order valence-electron chi connectivity index (χ0n) is 9.17. The Hall–Kier alpha value is -1.36. The van der Waals surface area contributed by atoms with Crippen molar-refractivity contribution in [1.82, 2.24) is 15.6 Å². The number of nitrogens with one attached hydrogen (secondary N) is 2. The summed E-state index contributed by atoms with van der Waals surface area (Å²) in [6.45, 7) is 5.41. The van der Waals surface area contributed by atoms with Crippen LogP contribution in [0.3, 0.4) is 0 Å². The first-order valence-corrected chi connectivity index (χ1v) is 5.17. The van der Waals surface area contributed by atoms with Crippen molar-refractivity contribution in [1.29, 1.82) is 0 Å². The Morgan fingerprint density at radius 3 is 2.93 bits per heavy atom. The van der Waals surface area contributed by atoms with E-state index in [4.69, 9.17) is 4.42 Å². The Labute approximate surface area is 89.3 Å². The molecule has 1 amide bonds. The van der Waals surface area contributed by atoms with Crippen molar-refractivity contribution in [2.45, 2.75) is 26.8 Å². The summed E-state index contributed by atoms with van der Waals surface area (Å²) in [4.78, 5) is 15.2. The highest BCUT2D eigenvalue weighted by molar-refractivity contribution is 5.77. The third-order valence-electron chi connectivity index (χ3n) is 1.92. The molecule has 0 aliphatic carbocycles. The largest absolute Gasteiger partial charge is 0.444 e. The minimum absolute atomic E-state index is 0.0481. The molecule has 0 aromatic carbocycles. The fraction of sp³-hybridized carbons (Fsp3) is 0.600. The number of aromatic nitrogens is 1. The average molecular weight is 211 g/mol. The Morgan fingerprint density at radius 2 is 2.33 bits per heavy atom. The van der Waals surface area contributed by atoms with Crippen LogP contribution in [0.4, 0.5) is 0 Å². The summed E-state index contributed by atoms with van der Waals surface area (Å²) in [7, 11) is 0. The molecule has 0 radical (unpaired) electrons. The first-order chi connectivity index (χ1) is 7.26. The van der Waals surface area contributed by atoms with Crippen molar-refractivity contribution in [3.8, 4) is 0 Å². The van der Waals surface area contributed by atoms with E-state index >= 15 is 0 Å². The van der Waals surface area contributed by atoms with E-state index in [0.29, 0.717) is 19.0 Å². The number of hydrogen-bond donors (Lipinski definition) is 2. The first kappa shape index (κ1) is 11.7. The summed E-state index contributed by atoms with van der Waals surface area (Å²) in [5.41, 5.74) is 0. The Kier molecular flexibility index (Phi) is 4.83. The predicted molar refractivity (Wildman–Crippen MR) is 56.3 cm³/mol. The standard InChI is InChI=1S/C10H17N3O2/c1-3-8-5-13-10(15-8)7-12-9(14)6-11-4-2/h5,11H,3-4,6-7H2,1-2H3,(H,12,14). The smallest absolute Gasteiger partial charge is 0.234 e. The molecule has 1 rings (SSSR count). The Balaban J connectivity index is 2.27. The van der Waals surface area contributed by atoms with Crippen molar-refractivity contribution in [2.24, 2.45) is 0 Å². The van der Waals surface area contributed by atoms with Crippen LogP contribution in [0.1, 0.15) is 25.5 Å². The van der Waals surface area contributed by atoms with Gasteiger partial charge in [0.15, 0.2) is 0 Å². The van der Waals surface area contributed by atoms with E-state index in [1.807, 2.05) is 13.8 Å². The molecule has 0 saturated heterocycles. The highest BCUT2D eigenvalue weighted by Gasteiger charge is 2.04. The Bertz CT molecular complexity index is 309. The van der Waals surface area contributed by atoms with Gasteiger partial charge in [-0.1, -0.05) is 13.8 Å². The number of rotatable bonds is 6. The van der Waals surface area contributed by atoms with Crippen molar-refractivity contribution in [3.05, 3.63) is 17.8 Å². The second-order valence-electron chi connectivity index (χ2n) is 3.13. The second-order valence-corrected chi connectivity index (χ2v) is 3.13. The fourth-order valence-corrected chi connectivity index (χ4v) is 1.07. The molecule has 84 valence electrons. The molecule has 5 heteroatoms. The molecule has 1 aromatic heterocycles. The number of carbonyl (C=O) groups excluding carboxylic acids is 1. The van der Waals surface area contributed by atoms with Crippen LogP contribution in [0.2, 0.25) is 0 Å². The highest BCUT2D eigenvalue weighted by atomic mass is 16.4. The molecule has 1 heterocycles. The van der Waals surface area contributed by atoms with Crippen LogP contribution >= 0.6 is 0 Å². The van der Waals surface area contributed by atoms with Crippen molar-refractivity contribution in [3.63, 3.8) is 0 Å². The van der Waals surface area contributed by atoms with Crippen LogP contribution in [0, 0.1) is 0 Å². The molecular weight excluding hydrogens is 194 g/mol. The number of oxazole rings is 1. The van der Waals surface area contributed by atoms with E-state index in [-0.39, 0.29) is 5.91 Å². The van der Waals surface area contributed by atoms with Gasteiger partial charge in [0, 0.05) is 6.42 Å². The second kappa shape index (κ2) is 6.19. The molecule has 0 atom stereocenters. The zero-order chi connectivity index (χ0) is 11.1. The maximum Gasteiger partial charge on any atom is 0.234 e. The van der Waals surface area contributed by atoms with Crippen LogP contribution < -0.4 is 10.6 Å². The summed E-state index contributed by atoms with van der Waals surface area (Å²) in [5.74, 6) is 1.34. The zero-order valence-corrected chi connectivity index (χ0v) is 9.17. The molecule has 2 N–H and O–H groups in total. The SMILES string of the molecule is CCNCC(=O)NCc1ncc(CC)o1. The predicted octanol–water partition coefficient (Wildman–Crippen LogP) is 0.463. The van der Waals surface area contributed by atoms with Gasteiger partial charge in [-0.05, 0) is 6.54 Å². The summed E-state index contributed by atoms with van der Waals surface area (Å²) in [5, 5.41) is 5.65. The lowest BCUT2D eigenvalue weighted by atomic mass is 10.4. The van der Waals surface area contributed by atoms with Gasteiger partial charge < -0.3 is 15.1 Å². The first-order valence-electron chi connectivity index (χ1n) is 5.17. The van der Waals surface area contributed by atoms with E-state index in [1.54, 1.807) is 6.20 Å². The van der Waals surface area contributed by atoms with Gasteiger partial charge in [-0.25, -0.2) is 4.98 Å². The molecule has 5 nitrogen and oxygen atoms in total. The third-order valence-corrected chi connectivity index (χ3v) is 1.92. The van der Waals surface area contributed by atoms with E-state index < -0.39 is 0 Å². The van der Waals surface area contributed by atoms with Gasteiger partial charge in [0.25, 0.3) is 0 Å². The summed E-state index contributed by atoms with van der Waals surface area (Å²) >= 11 is 0. The number of carbonyl (C=O) groups is 1. The maximum absolute atomic E-state index is 11.2. The summed E-state index contributed by atoms with van der Waals surface area (Å²) in [6, 6.07) is 0. The van der Waals surface area contributed by atoms with E-state index in [9.17, 15) is 4.79 Å². The molecule has 0 fully saturated rings. The lowest BCUT2D eigenvalue weighted by Crippen LogP contribution is -2.33. The molecule has 0 spiro atoms. The molecule has 0 unspecified atom stereocenters. The van der Waals surface area contributed by atoms with Crippen molar-refractivity contribution in [2.75, 3.05) is 13.1 Å².